The minimum atomic E-state index is -0.689. The fourth-order valence-electron chi connectivity index (χ4n) is 1.70. The number of carbonyl (C=O) groups is 1. The highest BCUT2D eigenvalue weighted by Gasteiger charge is 2.09. The van der Waals surface area contributed by atoms with E-state index in [9.17, 15) is 14.4 Å². The van der Waals surface area contributed by atoms with E-state index in [0.717, 1.165) is 10.1 Å². The van der Waals surface area contributed by atoms with Crippen LogP contribution >= 0.6 is 0 Å². The van der Waals surface area contributed by atoms with Gasteiger partial charge < -0.3 is 9.13 Å². The normalized spacial score (nSPS) is 10.4. The molecule has 1 aromatic carbocycles. The van der Waals surface area contributed by atoms with Gasteiger partial charge in [-0.2, -0.15) is 0 Å². The van der Waals surface area contributed by atoms with Crippen molar-refractivity contribution in [2.75, 3.05) is 0 Å². The Balaban J connectivity index is 2.29. The zero-order valence-corrected chi connectivity index (χ0v) is 10.8. The molecule has 0 bridgehead atoms. The molecule has 0 radical (unpaired) electrons. The van der Waals surface area contributed by atoms with Gasteiger partial charge in [0.2, 0.25) is 0 Å². The first-order chi connectivity index (χ1) is 8.99. The van der Waals surface area contributed by atoms with Crippen molar-refractivity contribution in [3.05, 3.63) is 68.5 Å². The first-order valence-electron chi connectivity index (χ1n) is 5.85. The summed E-state index contributed by atoms with van der Waals surface area (Å²) in [4.78, 5) is 35.2. The quantitative estimate of drug-likeness (QED) is 0.602. The molecule has 19 heavy (non-hydrogen) atoms. The third-order valence-electron chi connectivity index (χ3n) is 2.92. The molecule has 0 aliphatic heterocycles. The Labute approximate surface area is 109 Å². The molecule has 1 heterocycles. The van der Waals surface area contributed by atoms with E-state index in [-0.39, 0.29) is 12.3 Å². The third kappa shape index (κ3) is 2.70. The van der Waals surface area contributed by atoms with Gasteiger partial charge in [-0.3, -0.25) is 14.4 Å². The number of hydrogen-bond acceptors (Lipinski definition) is 3. The van der Waals surface area contributed by atoms with Crippen molar-refractivity contribution in [1.29, 1.82) is 0 Å². The third-order valence-corrected chi connectivity index (χ3v) is 2.92. The molecule has 0 aliphatic rings. The van der Waals surface area contributed by atoms with Crippen molar-refractivity contribution in [2.45, 2.75) is 13.5 Å². The highest BCUT2D eigenvalue weighted by Crippen LogP contribution is 2.04. The average Bonchev–Trinajstić information content (AvgIpc) is 2.40. The van der Waals surface area contributed by atoms with Gasteiger partial charge in [-0.15, -0.1) is 0 Å². The van der Waals surface area contributed by atoms with E-state index >= 15 is 0 Å². The maximum Gasteiger partial charge on any atom is 0.316 e. The van der Waals surface area contributed by atoms with Gasteiger partial charge in [-0.1, -0.05) is 29.8 Å². The summed E-state index contributed by atoms with van der Waals surface area (Å²) in [5.41, 5.74) is 0.255. The van der Waals surface area contributed by atoms with Crippen molar-refractivity contribution in [1.82, 2.24) is 9.13 Å². The van der Waals surface area contributed by atoms with Gasteiger partial charge in [0.1, 0.15) is 0 Å². The Kier molecular flexibility index (Phi) is 3.46. The molecule has 0 atom stereocenters. The highest BCUT2D eigenvalue weighted by atomic mass is 16.2. The largest absolute Gasteiger partial charge is 0.316 e. The van der Waals surface area contributed by atoms with Crippen LogP contribution in [-0.4, -0.2) is 14.9 Å². The molecule has 0 fully saturated rings. The topological polar surface area (TPSA) is 61.1 Å². The van der Waals surface area contributed by atoms with Gasteiger partial charge in [0.05, 0.1) is 6.54 Å². The summed E-state index contributed by atoms with van der Waals surface area (Å²) in [6.45, 7) is 1.80. The lowest BCUT2D eigenvalue weighted by Crippen LogP contribution is -2.40. The predicted molar refractivity (Wildman–Crippen MR) is 71.5 cm³/mol. The zero-order chi connectivity index (χ0) is 14.0. The molecule has 98 valence electrons. The number of carbonyl (C=O) groups excluding carboxylic acids is 1. The highest BCUT2D eigenvalue weighted by molar-refractivity contribution is 5.95. The van der Waals surface area contributed by atoms with Gasteiger partial charge in [-0.25, -0.2) is 0 Å². The molecule has 5 heteroatoms. The van der Waals surface area contributed by atoms with Gasteiger partial charge in [0, 0.05) is 25.0 Å². The number of Topliss-reactive ketones (excluding diaryl/α,β-unsaturated/α-hetero) is 1. The Morgan fingerprint density at radius 1 is 1.05 bits per heavy atom. The summed E-state index contributed by atoms with van der Waals surface area (Å²) in [5, 5.41) is 0. The van der Waals surface area contributed by atoms with E-state index in [1.54, 1.807) is 12.1 Å². The van der Waals surface area contributed by atoms with Crippen LogP contribution in [0.5, 0.6) is 0 Å². The molecule has 0 N–H and O–H groups in total. The molecule has 5 nitrogen and oxygen atoms in total. The molecule has 0 spiro atoms. The molecule has 2 rings (SSSR count). The molecule has 1 aromatic heterocycles. The van der Waals surface area contributed by atoms with E-state index in [1.165, 1.54) is 24.0 Å². The number of rotatable bonds is 3. The van der Waals surface area contributed by atoms with E-state index in [4.69, 9.17) is 0 Å². The van der Waals surface area contributed by atoms with Crippen molar-refractivity contribution in [3.63, 3.8) is 0 Å². The molecule has 0 unspecified atom stereocenters. The van der Waals surface area contributed by atoms with Crippen LogP contribution in [0.3, 0.4) is 0 Å². The number of aryl methyl sites for hydroxylation is 2. The second kappa shape index (κ2) is 5.06. The van der Waals surface area contributed by atoms with Crippen molar-refractivity contribution in [3.8, 4) is 0 Å². The van der Waals surface area contributed by atoms with Gasteiger partial charge in [0.15, 0.2) is 5.78 Å². The van der Waals surface area contributed by atoms with E-state index in [2.05, 4.69) is 0 Å². The Morgan fingerprint density at radius 2 is 1.68 bits per heavy atom. The first-order valence-corrected chi connectivity index (χ1v) is 5.85. The lowest BCUT2D eigenvalue weighted by molar-refractivity contribution is 0.0970. The van der Waals surface area contributed by atoms with Gasteiger partial charge in [0.25, 0.3) is 0 Å². The maximum absolute atomic E-state index is 12.0. The Bertz CT molecular complexity index is 724. The summed E-state index contributed by atoms with van der Waals surface area (Å²) >= 11 is 0. The molecule has 0 saturated carbocycles. The van der Waals surface area contributed by atoms with E-state index in [0.29, 0.717) is 5.56 Å². The average molecular weight is 258 g/mol. The number of nitrogens with zero attached hydrogens (tertiary/aromatic N) is 2. The Morgan fingerprint density at radius 3 is 2.32 bits per heavy atom. The summed E-state index contributed by atoms with van der Waals surface area (Å²) < 4.78 is 2.32. The lowest BCUT2D eigenvalue weighted by Gasteiger charge is -2.05. The lowest BCUT2D eigenvalue weighted by atomic mass is 10.1. The van der Waals surface area contributed by atoms with Crippen LogP contribution < -0.4 is 11.1 Å². The molecule has 0 aliphatic carbocycles. The molecular formula is C14H14N2O3. The fourth-order valence-corrected chi connectivity index (χ4v) is 1.70. The van der Waals surface area contributed by atoms with Gasteiger partial charge >= 0.3 is 11.1 Å². The summed E-state index contributed by atoms with van der Waals surface area (Å²) in [7, 11) is 1.50. The van der Waals surface area contributed by atoms with Crippen molar-refractivity contribution in [2.24, 2.45) is 7.05 Å². The molecule has 2 aromatic rings. The summed E-state index contributed by atoms with van der Waals surface area (Å²) in [6.07, 6.45) is 2.90. The van der Waals surface area contributed by atoms with Crippen molar-refractivity contribution < 1.29 is 4.79 Å². The number of hydrogen-bond donors (Lipinski definition) is 0. The van der Waals surface area contributed by atoms with Crippen LogP contribution in [0.1, 0.15) is 15.9 Å². The smallest absolute Gasteiger partial charge is 0.312 e. The van der Waals surface area contributed by atoms with E-state index < -0.39 is 11.1 Å². The summed E-state index contributed by atoms with van der Waals surface area (Å²) in [5.74, 6) is -0.199. The number of benzene rings is 1. The van der Waals surface area contributed by atoms with E-state index in [1.807, 2.05) is 19.1 Å². The SMILES string of the molecule is Cc1ccc(C(=O)Cn2ccn(C)c(=O)c2=O)cc1. The summed E-state index contributed by atoms with van der Waals surface area (Å²) in [6, 6.07) is 7.09. The number of aromatic nitrogens is 2. The number of ketones is 1. The van der Waals surface area contributed by atoms with Crippen LogP contribution in [-0.2, 0) is 13.6 Å². The van der Waals surface area contributed by atoms with Crippen LogP contribution in [0.2, 0.25) is 0 Å². The molecular weight excluding hydrogens is 244 g/mol. The van der Waals surface area contributed by atoms with Crippen LogP contribution in [0, 0.1) is 6.92 Å². The maximum atomic E-state index is 12.0. The second-order valence-electron chi connectivity index (χ2n) is 4.44. The van der Waals surface area contributed by atoms with Crippen LogP contribution in [0.15, 0.2) is 46.2 Å². The fraction of sp³-hybridized carbons (Fsp3) is 0.214. The van der Waals surface area contributed by atoms with Crippen molar-refractivity contribution >= 4 is 5.78 Å². The van der Waals surface area contributed by atoms with Gasteiger partial charge in [-0.05, 0) is 6.92 Å². The molecule has 0 saturated heterocycles. The van der Waals surface area contributed by atoms with Crippen LogP contribution in [0.25, 0.3) is 0 Å². The molecule has 0 amide bonds. The second-order valence-corrected chi connectivity index (χ2v) is 4.44. The van der Waals surface area contributed by atoms with Crippen LogP contribution in [0.4, 0.5) is 0 Å². The monoisotopic (exact) mass is 258 g/mol. The standard InChI is InChI=1S/C14H14N2O3/c1-10-3-5-11(6-4-10)12(17)9-16-8-7-15(2)13(18)14(16)19/h3-8H,9H2,1-2H3. The first kappa shape index (κ1) is 13.0. The predicted octanol–water partition coefficient (Wildman–Crippen LogP) is 0.738. The minimum Gasteiger partial charge on any atom is -0.312 e. The minimum absolute atomic E-state index is 0.127. The Hall–Kier alpha value is -2.43. The zero-order valence-electron chi connectivity index (χ0n) is 10.8.